The Morgan fingerprint density at radius 2 is 1.66 bits per heavy atom. The normalized spacial score (nSPS) is 30.5. The number of allylic oxidation sites excluding steroid dienone is 2. The molecule has 35 heavy (non-hydrogen) atoms. The Labute approximate surface area is 213 Å². The number of fused-ring (bicyclic) bond motifs is 1. The minimum absolute atomic E-state index is 0.141. The summed E-state index contributed by atoms with van der Waals surface area (Å²) in [4.78, 5) is 26.6. The van der Waals surface area contributed by atoms with Crippen molar-refractivity contribution in [2.75, 3.05) is 0 Å². The first-order chi connectivity index (χ1) is 16.9. The van der Waals surface area contributed by atoms with Crippen molar-refractivity contribution in [2.45, 2.75) is 19.9 Å². The van der Waals surface area contributed by atoms with Crippen molar-refractivity contribution >= 4 is 52.1 Å². The molecule has 3 fully saturated rings. The van der Waals surface area contributed by atoms with Crippen molar-refractivity contribution in [3.05, 3.63) is 81.5 Å². The maximum atomic E-state index is 13.3. The van der Waals surface area contributed by atoms with Crippen molar-refractivity contribution in [3.8, 4) is 0 Å². The summed E-state index contributed by atoms with van der Waals surface area (Å²) in [5, 5.41) is 7.72. The van der Waals surface area contributed by atoms with E-state index in [0.29, 0.717) is 28.4 Å². The number of hydrogen-bond donors (Lipinski definition) is 0. The quantitative estimate of drug-likeness (QED) is 0.260. The van der Waals surface area contributed by atoms with Gasteiger partial charge in [-0.15, -0.1) is 0 Å². The van der Waals surface area contributed by atoms with Crippen LogP contribution < -0.4 is 0 Å². The summed E-state index contributed by atoms with van der Waals surface area (Å²) in [5.41, 5.74) is 3.98. The second-order valence-electron chi connectivity index (χ2n) is 10.2. The first-order valence-electron chi connectivity index (χ1n) is 12.1. The van der Waals surface area contributed by atoms with Gasteiger partial charge in [0.2, 0.25) is 0 Å². The van der Waals surface area contributed by atoms with Crippen LogP contribution in [0.15, 0.2) is 59.7 Å². The van der Waals surface area contributed by atoms with Crippen LogP contribution in [0.1, 0.15) is 23.2 Å². The van der Waals surface area contributed by atoms with Crippen molar-refractivity contribution in [3.63, 3.8) is 0 Å². The van der Waals surface area contributed by atoms with Gasteiger partial charge in [-0.1, -0.05) is 59.6 Å². The van der Waals surface area contributed by atoms with E-state index >= 15 is 0 Å². The van der Waals surface area contributed by atoms with E-state index in [1.165, 1.54) is 0 Å². The van der Waals surface area contributed by atoms with E-state index in [2.05, 4.69) is 27.9 Å². The minimum atomic E-state index is -0.240. The lowest BCUT2D eigenvalue weighted by Gasteiger charge is -2.37. The van der Waals surface area contributed by atoms with E-state index in [1.807, 2.05) is 37.3 Å². The molecular weight excluding hydrogens is 481 g/mol. The van der Waals surface area contributed by atoms with Crippen LogP contribution >= 0.6 is 23.2 Å². The number of aromatic nitrogens is 1. The molecule has 0 unspecified atom stereocenters. The number of hydrazone groups is 1. The Hall–Kier alpha value is -2.89. The van der Waals surface area contributed by atoms with Crippen LogP contribution in [0.4, 0.5) is 0 Å². The number of carbonyl (C=O) groups excluding carboxylic acids is 2. The monoisotopic (exact) mass is 503 g/mol. The minimum Gasteiger partial charge on any atom is -0.340 e. The first kappa shape index (κ1) is 21.4. The van der Waals surface area contributed by atoms with Gasteiger partial charge in [0.1, 0.15) is 0 Å². The van der Waals surface area contributed by atoms with Gasteiger partial charge in [0.15, 0.2) is 0 Å². The van der Waals surface area contributed by atoms with Gasteiger partial charge < -0.3 is 4.57 Å². The Morgan fingerprint density at radius 3 is 2.34 bits per heavy atom. The Bertz CT molecular complexity index is 1450. The molecule has 2 amide bonds. The molecule has 176 valence electrons. The van der Waals surface area contributed by atoms with E-state index in [1.54, 1.807) is 12.3 Å². The number of carbonyl (C=O) groups is 2. The zero-order valence-electron chi connectivity index (χ0n) is 19.1. The van der Waals surface area contributed by atoms with Gasteiger partial charge in [-0.2, -0.15) is 10.1 Å². The fraction of sp³-hybridized carbons (Fsp3) is 0.321. The number of halogens is 2. The summed E-state index contributed by atoms with van der Waals surface area (Å²) < 4.78 is 2.20. The molecule has 1 aliphatic heterocycles. The third-order valence-electron chi connectivity index (χ3n) is 8.55. The highest BCUT2D eigenvalue weighted by Gasteiger charge is 2.67. The highest BCUT2D eigenvalue weighted by atomic mass is 35.5. The molecule has 2 heterocycles. The lowest BCUT2D eigenvalue weighted by atomic mass is 9.63. The maximum absolute atomic E-state index is 13.3. The number of amides is 2. The van der Waals surface area contributed by atoms with E-state index in [4.69, 9.17) is 23.2 Å². The fourth-order valence-electron chi connectivity index (χ4n) is 6.82. The lowest BCUT2D eigenvalue weighted by molar-refractivity contribution is -0.140. The third-order valence-corrected chi connectivity index (χ3v) is 9.29. The smallest absolute Gasteiger partial charge is 0.254 e. The summed E-state index contributed by atoms with van der Waals surface area (Å²) in [7, 11) is 0. The zero-order valence-corrected chi connectivity index (χ0v) is 20.6. The molecule has 1 aromatic heterocycles. The maximum Gasteiger partial charge on any atom is 0.254 e. The fourth-order valence-corrected chi connectivity index (χ4v) is 7.14. The van der Waals surface area contributed by atoms with Gasteiger partial charge in [-0.25, -0.2) is 0 Å². The molecular formula is C28H23Cl2N3O2. The molecule has 5 aliphatic rings. The van der Waals surface area contributed by atoms with E-state index in [-0.39, 0.29) is 35.5 Å². The number of nitrogens with zero attached hydrogens (tertiary/aromatic N) is 3. The second-order valence-corrected chi connectivity index (χ2v) is 11.1. The highest BCUT2D eigenvalue weighted by molar-refractivity contribution is 6.42. The third kappa shape index (κ3) is 3.04. The van der Waals surface area contributed by atoms with Crippen molar-refractivity contribution < 1.29 is 9.59 Å². The van der Waals surface area contributed by atoms with Gasteiger partial charge in [0.25, 0.3) is 11.8 Å². The van der Waals surface area contributed by atoms with Gasteiger partial charge in [0.05, 0.1) is 28.1 Å². The zero-order chi connectivity index (χ0) is 24.0. The van der Waals surface area contributed by atoms with E-state index in [0.717, 1.165) is 39.2 Å². The van der Waals surface area contributed by atoms with Crippen molar-refractivity contribution in [2.24, 2.45) is 40.6 Å². The Morgan fingerprint density at radius 1 is 0.971 bits per heavy atom. The molecule has 5 nitrogen and oxygen atoms in total. The highest BCUT2D eigenvalue weighted by Crippen LogP contribution is 2.65. The number of hydrogen-bond acceptors (Lipinski definition) is 3. The van der Waals surface area contributed by atoms with Crippen LogP contribution in [-0.2, 0) is 16.1 Å². The summed E-state index contributed by atoms with van der Waals surface area (Å²) in [6, 6.07) is 13.7. The standard InChI is InChI=1S/C28H23Cl2N3O2/c1-14-21(16-4-2-3-5-24(16)32(14)13-15-6-9-22(29)23(30)10-15)12-31-33-27(34)25-17-7-8-18(20-11-19(17)20)26(25)28(33)35/h2-10,12,17-20,25-26H,11,13H2,1H3/b31-12-/t17-,18-,19-,20+,25-,26+/m0/s1. The predicted octanol–water partition coefficient (Wildman–Crippen LogP) is 5.69. The molecule has 1 saturated heterocycles. The number of rotatable bonds is 4. The van der Waals surface area contributed by atoms with Crippen LogP contribution in [0, 0.1) is 42.4 Å². The molecule has 8 rings (SSSR count). The van der Waals surface area contributed by atoms with Crippen LogP contribution in [0.25, 0.3) is 10.9 Å². The average Bonchev–Trinajstić information content (AvgIpc) is 3.60. The molecule has 0 N–H and O–H groups in total. The average molecular weight is 504 g/mol. The lowest BCUT2D eigenvalue weighted by Crippen LogP contribution is -2.40. The van der Waals surface area contributed by atoms with Gasteiger partial charge in [-0.3, -0.25) is 9.59 Å². The molecule has 2 aromatic carbocycles. The Kier molecular flexibility index (Phi) is 4.62. The van der Waals surface area contributed by atoms with Gasteiger partial charge in [-0.05, 0) is 60.8 Å². The van der Waals surface area contributed by atoms with E-state index in [9.17, 15) is 9.59 Å². The van der Waals surface area contributed by atoms with Crippen LogP contribution in [0.3, 0.4) is 0 Å². The van der Waals surface area contributed by atoms with Crippen LogP contribution in [0.2, 0.25) is 10.0 Å². The molecule has 2 bridgehead atoms. The molecule has 2 saturated carbocycles. The van der Waals surface area contributed by atoms with E-state index < -0.39 is 0 Å². The van der Waals surface area contributed by atoms with Crippen molar-refractivity contribution in [1.29, 1.82) is 0 Å². The molecule has 6 atom stereocenters. The molecule has 0 radical (unpaired) electrons. The predicted molar refractivity (Wildman–Crippen MR) is 136 cm³/mol. The Balaban J connectivity index is 1.24. The molecule has 7 heteroatoms. The summed E-state index contributed by atoms with van der Waals surface area (Å²) in [5.74, 6) is 0.785. The number of imide groups is 1. The molecule has 3 aromatic rings. The first-order valence-corrected chi connectivity index (χ1v) is 12.8. The van der Waals surface area contributed by atoms with Crippen molar-refractivity contribution in [1.82, 2.24) is 9.58 Å². The summed E-state index contributed by atoms with van der Waals surface area (Å²) >= 11 is 12.3. The summed E-state index contributed by atoms with van der Waals surface area (Å²) in [6.07, 6.45) is 7.20. The van der Waals surface area contributed by atoms with Gasteiger partial charge >= 0.3 is 0 Å². The van der Waals surface area contributed by atoms with Crippen LogP contribution in [0.5, 0.6) is 0 Å². The SMILES string of the molecule is Cc1c(/C=N\N2C(=O)[C@@H]3[C@H]4C=C[C@@H]([C@@H]5C[C@H]45)[C@@H]3C2=O)c2ccccc2n1Cc1ccc(Cl)c(Cl)c1. The largest absolute Gasteiger partial charge is 0.340 e. The molecule has 0 spiro atoms. The molecule has 4 aliphatic carbocycles. The van der Waals surface area contributed by atoms with Gasteiger partial charge in [0, 0.05) is 28.7 Å². The topological polar surface area (TPSA) is 54.7 Å². The second kappa shape index (κ2) is 7.55. The summed E-state index contributed by atoms with van der Waals surface area (Å²) in [6.45, 7) is 2.64. The number of benzene rings is 2. The van der Waals surface area contributed by atoms with Crippen LogP contribution in [-0.4, -0.2) is 27.6 Å². The number of para-hydroxylation sites is 1.